The number of thioether (sulfide) groups is 1. The molecule has 24 heavy (non-hydrogen) atoms. The van der Waals surface area contributed by atoms with Gasteiger partial charge in [-0.15, -0.1) is 6.42 Å². The zero-order chi connectivity index (χ0) is 17.3. The third-order valence-corrected chi connectivity index (χ3v) is 6.74. The zero-order valence-electron chi connectivity index (χ0n) is 15.4. The molecule has 1 saturated heterocycles. The van der Waals surface area contributed by atoms with Crippen molar-refractivity contribution in [3.8, 4) is 12.3 Å². The molecular weight excluding hydrogens is 312 g/mol. The summed E-state index contributed by atoms with van der Waals surface area (Å²) in [4.78, 5) is 7.71. The molecule has 0 bridgehead atoms. The summed E-state index contributed by atoms with van der Waals surface area (Å²) >= 11 is 1.94. The first kappa shape index (κ1) is 17.4. The molecule has 2 fully saturated rings. The van der Waals surface area contributed by atoms with E-state index in [9.17, 15) is 0 Å². The summed E-state index contributed by atoms with van der Waals surface area (Å²) in [6, 6.07) is 4.11. The summed E-state index contributed by atoms with van der Waals surface area (Å²) in [6.45, 7) is 9.95. The average molecular weight is 341 g/mol. The second-order valence-corrected chi connectivity index (χ2v) is 8.59. The van der Waals surface area contributed by atoms with Crippen LogP contribution in [0.1, 0.15) is 56.2 Å². The fourth-order valence-electron chi connectivity index (χ4n) is 3.92. The van der Waals surface area contributed by atoms with Gasteiger partial charge in [0.15, 0.2) is 5.17 Å². The van der Waals surface area contributed by atoms with Crippen molar-refractivity contribution in [2.45, 2.75) is 58.9 Å². The van der Waals surface area contributed by atoms with Gasteiger partial charge in [0.1, 0.15) is 0 Å². The van der Waals surface area contributed by atoms with Crippen LogP contribution >= 0.6 is 11.8 Å². The van der Waals surface area contributed by atoms with Crippen molar-refractivity contribution in [3.05, 3.63) is 28.8 Å². The first-order chi connectivity index (χ1) is 11.5. The molecule has 0 aromatic heterocycles. The normalized spacial score (nSPS) is 21.2. The Labute approximate surface area is 151 Å². The van der Waals surface area contributed by atoms with E-state index in [0.29, 0.717) is 11.5 Å². The molecule has 3 heteroatoms. The van der Waals surface area contributed by atoms with Gasteiger partial charge in [-0.05, 0) is 55.9 Å². The van der Waals surface area contributed by atoms with E-state index >= 15 is 0 Å². The zero-order valence-corrected chi connectivity index (χ0v) is 16.2. The lowest BCUT2D eigenvalue weighted by atomic mass is 9.97. The minimum Gasteiger partial charge on any atom is -0.344 e. The van der Waals surface area contributed by atoms with Crippen LogP contribution in [0.15, 0.2) is 17.1 Å². The van der Waals surface area contributed by atoms with E-state index in [2.05, 4.69) is 44.6 Å². The van der Waals surface area contributed by atoms with Crippen molar-refractivity contribution < 1.29 is 0 Å². The molecule has 0 N–H and O–H groups in total. The number of nitrogens with zero attached hydrogens (tertiary/aromatic N) is 2. The maximum atomic E-state index is 5.59. The van der Waals surface area contributed by atoms with Gasteiger partial charge in [0.25, 0.3) is 0 Å². The topological polar surface area (TPSA) is 15.6 Å². The lowest BCUT2D eigenvalue weighted by molar-refractivity contribution is 0.198. The first-order valence-corrected chi connectivity index (χ1v) is 10.0. The van der Waals surface area contributed by atoms with Crippen LogP contribution < -0.4 is 0 Å². The molecule has 2 aliphatic rings. The van der Waals surface area contributed by atoms with Crippen LogP contribution in [0, 0.1) is 32.1 Å². The Morgan fingerprint density at radius 3 is 2.58 bits per heavy atom. The van der Waals surface area contributed by atoms with Crippen molar-refractivity contribution >= 4 is 22.6 Å². The summed E-state index contributed by atoms with van der Waals surface area (Å²) in [5.41, 5.74) is 4.78. The number of rotatable bonds is 3. The van der Waals surface area contributed by atoms with Gasteiger partial charge in [-0.2, -0.15) is 0 Å². The van der Waals surface area contributed by atoms with Crippen molar-refractivity contribution in [2.24, 2.45) is 10.9 Å². The monoisotopic (exact) mass is 340 g/mol. The van der Waals surface area contributed by atoms with E-state index in [4.69, 9.17) is 11.4 Å². The molecule has 1 heterocycles. The number of amidine groups is 1. The standard InChI is InChI=1S/C21H28N2S/c1-6-18-9-10-19(17(5)16(18)4)22-20-23(13-15(2)3)21(14-24-20)11-7-8-12-21/h1,9-10,15H,7-8,11-14H2,2-5H3. The molecular formula is C21H28N2S. The van der Waals surface area contributed by atoms with E-state index in [1.165, 1.54) is 47.7 Å². The Kier molecular flexibility index (Phi) is 4.97. The number of terminal acetylenes is 1. The number of hydrogen-bond donors (Lipinski definition) is 0. The van der Waals surface area contributed by atoms with Gasteiger partial charge in [-0.3, -0.25) is 0 Å². The molecule has 1 spiro atoms. The molecule has 1 saturated carbocycles. The number of aliphatic imine (C=N–C) groups is 1. The Morgan fingerprint density at radius 2 is 1.96 bits per heavy atom. The van der Waals surface area contributed by atoms with Crippen LogP contribution in [-0.4, -0.2) is 27.9 Å². The first-order valence-electron chi connectivity index (χ1n) is 9.03. The second kappa shape index (κ2) is 6.84. The van der Waals surface area contributed by atoms with Gasteiger partial charge in [-0.1, -0.05) is 44.4 Å². The van der Waals surface area contributed by atoms with Gasteiger partial charge in [0.2, 0.25) is 0 Å². The van der Waals surface area contributed by atoms with E-state index in [0.717, 1.165) is 17.8 Å². The predicted octanol–water partition coefficient (Wildman–Crippen LogP) is 5.29. The van der Waals surface area contributed by atoms with Gasteiger partial charge >= 0.3 is 0 Å². The van der Waals surface area contributed by atoms with Crippen molar-refractivity contribution in [1.82, 2.24) is 4.90 Å². The summed E-state index contributed by atoms with van der Waals surface area (Å²) < 4.78 is 0. The third kappa shape index (κ3) is 3.09. The fraction of sp³-hybridized carbons (Fsp3) is 0.571. The molecule has 128 valence electrons. The smallest absolute Gasteiger partial charge is 0.164 e. The largest absolute Gasteiger partial charge is 0.344 e. The molecule has 1 aromatic carbocycles. The van der Waals surface area contributed by atoms with Crippen LogP contribution in [0.3, 0.4) is 0 Å². The predicted molar refractivity (Wildman–Crippen MR) is 106 cm³/mol. The Bertz CT molecular complexity index is 691. The maximum Gasteiger partial charge on any atom is 0.164 e. The molecule has 0 unspecified atom stereocenters. The highest BCUT2D eigenvalue weighted by molar-refractivity contribution is 8.14. The van der Waals surface area contributed by atoms with E-state index < -0.39 is 0 Å². The van der Waals surface area contributed by atoms with Gasteiger partial charge in [0, 0.05) is 17.9 Å². The van der Waals surface area contributed by atoms with E-state index in [-0.39, 0.29) is 0 Å². The minimum absolute atomic E-state index is 0.357. The summed E-state index contributed by atoms with van der Waals surface area (Å²) in [5, 5.41) is 1.21. The maximum absolute atomic E-state index is 5.59. The lowest BCUT2D eigenvalue weighted by Gasteiger charge is -2.37. The molecule has 1 aliphatic carbocycles. The van der Waals surface area contributed by atoms with Crippen LogP contribution in [0.4, 0.5) is 5.69 Å². The summed E-state index contributed by atoms with van der Waals surface area (Å²) in [6.07, 6.45) is 10.9. The quantitative estimate of drug-likeness (QED) is 0.695. The highest BCUT2D eigenvalue weighted by atomic mass is 32.2. The summed E-state index contributed by atoms with van der Waals surface area (Å²) in [7, 11) is 0. The minimum atomic E-state index is 0.357. The molecule has 1 aliphatic heterocycles. The molecule has 2 nitrogen and oxygen atoms in total. The van der Waals surface area contributed by atoms with Crippen molar-refractivity contribution in [3.63, 3.8) is 0 Å². The molecule has 1 aromatic rings. The fourth-order valence-corrected chi connectivity index (χ4v) is 5.35. The van der Waals surface area contributed by atoms with Crippen LogP contribution in [0.25, 0.3) is 0 Å². The van der Waals surface area contributed by atoms with Crippen LogP contribution in [0.2, 0.25) is 0 Å². The number of benzene rings is 1. The molecule has 0 amide bonds. The Morgan fingerprint density at radius 1 is 1.25 bits per heavy atom. The SMILES string of the molecule is C#Cc1ccc(N=C2SCC3(CCCC3)N2CC(C)C)c(C)c1C. The van der Waals surface area contributed by atoms with Gasteiger partial charge in [0.05, 0.1) is 11.2 Å². The van der Waals surface area contributed by atoms with Gasteiger partial charge in [-0.25, -0.2) is 4.99 Å². The Hall–Kier alpha value is -1.40. The summed E-state index contributed by atoms with van der Waals surface area (Å²) in [5.74, 6) is 4.61. The van der Waals surface area contributed by atoms with Crippen molar-refractivity contribution in [1.29, 1.82) is 0 Å². The van der Waals surface area contributed by atoms with E-state index in [1.54, 1.807) is 0 Å². The number of hydrogen-bond acceptors (Lipinski definition) is 2. The molecule has 0 radical (unpaired) electrons. The van der Waals surface area contributed by atoms with Crippen LogP contribution in [-0.2, 0) is 0 Å². The molecule has 0 atom stereocenters. The highest BCUT2D eigenvalue weighted by Gasteiger charge is 2.46. The third-order valence-electron chi connectivity index (χ3n) is 5.49. The lowest BCUT2D eigenvalue weighted by Crippen LogP contribution is -2.46. The Balaban J connectivity index is 1.97. The molecule has 3 rings (SSSR count). The highest BCUT2D eigenvalue weighted by Crippen LogP contribution is 2.45. The van der Waals surface area contributed by atoms with E-state index in [1.807, 2.05) is 17.8 Å². The van der Waals surface area contributed by atoms with Gasteiger partial charge < -0.3 is 4.90 Å². The second-order valence-electron chi connectivity index (χ2n) is 7.65. The van der Waals surface area contributed by atoms with Crippen molar-refractivity contribution in [2.75, 3.05) is 12.3 Å². The average Bonchev–Trinajstić information content (AvgIpc) is 3.15. The van der Waals surface area contributed by atoms with Crippen LogP contribution in [0.5, 0.6) is 0 Å².